The van der Waals surface area contributed by atoms with Gasteiger partial charge < -0.3 is 4.42 Å². The SMILES string of the molecule is O=[N+]([O-])c1ccc(/C=N/Nc2ncc(-c3ccc(Cl)cc3)s2)o1. The minimum Gasteiger partial charge on any atom is -0.400 e. The second-order valence-corrected chi connectivity index (χ2v) is 5.81. The molecule has 3 aromatic rings. The molecular weight excluding hydrogens is 340 g/mol. The third-order valence-electron chi connectivity index (χ3n) is 2.78. The Morgan fingerprint density at radius 2 is 2.09 bits per heavy atom. The number of nitrogens with zero attached hydrogens (tertiary/aromatic N) is 3. The molecule has 0 atom stereocenters. The maximum Gasteiger partial charge on any atom is 0.433 e. The number of hydrogen-bond acceptors (Lipinski definition) is 7. The Morgan fingerprint density at radius 1 is 1.30 bits per heavy atom. The minimum absolute atomic E-state index is 0.277. The summed E-state index contributed by atoms with van der Waals surface area (Å²) in [6.07, 6.45) is 3.07. The van der Waals surface area contributed by atoms with Crippen LogP contribution in [0.2, 0.25) is 5.02 Å². The molecule has 0 aliphatic rings. The molecule has 23 heavy (non-hydrogen) atoms. The van der Waals surface area contributed by atoms with Crippen LogP contribution < -0.4 is 5.43 Å². The molecule has 1 N–H and O–H groups in total. The number of furan rings is 1. The van der Waals surface area contributed by atoms with Crippen molar-refractivity contribution in [2.75, 3.05) is 5.43 Å². The Hall–Kier alpha value is -2.71. The van der Waals surface area contributed by atoms with Gasteiger partial charge >= 0.3 is 5.88 Å². The highest BCUT2D eigenvalue weighted by Gasteiger charge is 2.10. The molecule has 3 rings (SSSR count). The number of nitro groups is 1. The third-order valence-corrected chi connectivity index (χ3v) is 3.98. The first kappa shape index (κ1) is 15.2. The van der Waals surface area contributed by atoms with E-state index in [1.807, 2.05) is 24.3 Å². The lowest BCUT2D eigenvalue weighted by Crippen LogP contribution is -1.88. The molecule has 116 valence electrons. The fourth-order valence-corrected chi connectivity index (χ4v) is 2.63. The summed E-state index contributed by atoms with van der Waals surface area (Å²) in [6.45, 7) is 0. The summed E-state index contributed by atoms with van der Waals surface area (Å²) in [4.78, 5) is 15.1. The van der Waals surface area contributed by atoms with Crippen LogP contribution in [0.5, 0.6) is 0 Å². The highest BCUT2D eigenvalue weighted by atomic mass is 35.5. The number of hydrogen-bond donors (Lipinski definition) is 1. The van der Waals surface area contributed by atoms with Crippen LogP contribution in [-0.4, -0.2) is 16.1 Å². The molecular formula is C14H9ClN4O3S. The van der Waals surface area contributed by atoms with Crippen molar-refractivity contribution >= 4 is 40.2 Å². The molecule has 2 heterocycles. The lowest BCUT2D eigenvalue weighted by Gasteiger charge is -1.95. The summed E-state index contributed by atoms with van der Waals surface area (Å²) in [5.74, 6) is -0.0515. The number of aromatic nitrogens is 1. The lowest BCUT2D eigenvalue weighted by atomic mass is 10.2. The Labute approximate surface area is 139 Å². The number of benzene rings is 1. The molecule has 0 unspecified atom stereocenters. The van der Waals surface area contributed by atoms with Gasteiger partial charge in [-0.1, -0.05) is 35.1 Å². The monoisotopic (exact) mass is 348 g/mol. The number of hydrazone groups is 1. The van der Waals surface area contributed by atoms with E-state index in [0.29, 0.717) is 10.2 Å². The molecule has 9 heteroatoms. The summed E-state index contributed by atoms with van der Waals surface area (Å²) in [7, 11) is 0. The fraction of sp³-hybridized carbons (Fsp3) is 0. The minimum atomic E-state index is -0.607. The van der Waals surface area contributed by atoms with E-state index in [1.54, 1.807) is 6.20 Å². The number of halogens is 1. The van der Waals surface area contributed by atoms with Gasteiger partial charge in [0, 0.05) is 11.2 Å². The van der Waals surface area contributed by atoms with E-state index in [4.69, 9.17) is 16.0 Å². The molecule has 0 saturated heterocycles. The Kier molecular flexibility index (Phi) is 4.35. The van der Waals surface area contributed by atoms with Crippen LogP contribution >= 0.6 is 22.9 Å². The third kappa shape index (κ3) is 3.74. The number of anilines is 1. The van der Waals surface area contributed by atoms with Crippen LogP contribution in [0, 0.1) is 10.1 Å². The van der Waals surface area contributed by atoms with E-state index < -0.39 is 4.92 Å². The van der Waals surface area contributed by atoms with Crippen molar-refractivity contribution in [1.29, 1.82) is 0 Å². The zero-order valence-electron chi connectivity index (χ0n) is 11.5. The number of nitrogens with one attached hydrogen (secondary N) is 1. The normalized spacial score (nSPS) is 11.0. The van der Waals surface area contributed by atoms with Crippen LogP contribution in [0.25, 0.3) is 10.4 Å². The standard InChI is InChI=1S/C14H9ClN4O3S/c15-10-3-1-9(2-4-10)12-8-16-14(23-12)18-17-7-11-5-6-13(22-11)19(20)21/h1-8H,(H,16,18)/b17-7+. The summed E-state index contributed by atoms with van der Waals surface area (Å²) < 4.78 is 4.95. The average molecular weight is 349 g/mol. The van der Waals surface area contributed by atoms with Crippen LogP contribution in [-0.2, 0) is 0 Å². The summed E-state index contributed by atoms with van der Waals surface area (Å²) in [5, 5.41) is 15.7. The van der Waals surface area contributed by atoms with Gasteiger partial charge in [-0.05, 0) is 23.8 Å². The van der Waals surface area contributed by atoms with E-state index >= 15 is 0 Å². The predicted octanol–water partition coefficient (Wildman–Crippen LogP) is 4.41. The maximum atomic E-state index is 10.5. The molecule has 0 saturated carbocycles. The lowest BCUT2D eigenvalue weighted by molar-refractivity contribution is -0.402. The molecule has 2 aromatic heterocycles. The van der Waals surface area contributed by atoms with Gasteiger partial charge in [-0.3, -0.25) is 15.5 Å². The van der Waals surface area contributed by atoms with Crippen molar-refractivity contribution in [2.24, 2.45) is 5.10 Å². The summed E-state index contributed by atoms with van der Waals surface area (Å²) >= 11 is 7.28. The van der Waals surface area contributed by atoms with Crippen molar-refractivity contribution in [1.82, 2.24) is 4.98 Å². The molecule has 7 nitrogen and oxygen atoms in total. The molecule has 0 radical (unpaired) electrons. The highest BCUT2D eigenvalue weighted by molar-refractivity contribution is 7.18. The topological polar surface area (TPSA) is 93.6 Å². The smallest absolute Gasteiger partial charge is 0.400 e. The van der Waals surface area contributed by atoms with Gasteiger partial charge in [0.2, 0.25) is 5.13 Å². The fourth-order valence-electron chi connectivity index (χ4n) is 1.73. The molecule has 0 spiro atoms. The van der Waals surface area contributed by atoms with Crippen molar-refractivity contribution in [3.8, 4) is 10.4 Å². The van der Waals surface area contributed by atoms with Crippen molar-refractivity contribution in [3.63, 3.8) is 0 Å². The highest BCUT2D eigenvalue weighted by Crippen LogP contribution is 2.29. The van der Waals surface area contributed by atoms with E-state index in [2.05, 4.69) is 15.5 Å². The van der Waals surface area contributed by atoms with E-state index in [0.717, 1.165) is 10.4 Å². The average Bonchev–Trinajstić information content (AvgIpc) is 3.18. The molecule has 0 aliphatic carbocycles. The molecule has 1 aromatic carbocycles. The van der Waals surface area contributed by atoms with E-state index in [9.17, 15) is 10.1 Å². The predicted molar refractivity (Wildman–Crippen MR) is 89.1 cm³/mol. The van der Waals surface area contributed by atoms with E-state index in [-0.39, 0.29) is 11.6 Å². The molecule has 0 aliphatic heterocycles. The second-order valence-electron chi connectivity index (χ2n) is 4.34. The van der Waals surface area contributed by atoms with Crippen LogP contribution in [0.3, 0.4) is 0 Å². The van der Waals surface area contributed by atoms with E-state index in [1.165, 1.54) is 29.7 Å². The van der Waals surface area contributed by atoms with Gasteiger partial charge in [-0.25, -0.2) is 4.98 Å². The zero-order valence-corrected chi connectivity index (χ0v) is 13.0. The Bertz CT molecular complexity index is 857. The molecule has 0 bridgehead atoms. The molecule has 0 fully saturated rings. The largest absolute Gasteiger partial charge is 0.433 e. The van der Waals surface area contributed by atoms with Crippen LogP contribution in [0.1, 0.15) is 5.76 Å². The van der Waals surface area contributed by atoms with Crippen molar-refractivity contribution in [2.45, 2.75) is 0 Å². The second kappa shape index (κ2) is 6.59. The van der Waals surface area contributed by atoms with Gasteiger partial charge in [0.05, 0.1) is 17.2 Å². The van der Waals surface area contributed by atoms with Gasteiger partial charge in [-0.15, -0.1) is 0 Å². The number of rotatable bonds is 5. The van der Waals surface area contributed by atoms with Crippen LogP contribution in [0.15, 0.2) is 52.1 Å². The van der Waals surface area contributed by atoms with Gasteiger partial charge in [0.25, 0.3) is 0 Å². The summed E-state index contributed by atoms with van der Waals surface area (Å²) in [6, 6.07) is 10.2. The first-order chi connectivity index (χ1) is 11.1. The maximum absolute atomic E-state index is 10.5. The first-order valence-electron chi connectivity index (χ1n) is 6.37. The summed E-state index contributed by atoms with van der Waals surface area (Å²) in [5.41, 5.74) is 3.76. The van der Waals surface area contributed by atoms with Gasteiger partial charge in [-0.2, -0.15) is 5.10 Å². The zero-order chi connectivity index (χ0) is 16.2. The molecule has 0 amide bonds. The van der Waals surface area contributed by atoms with Crippen molar-refractivity contribution in [3.05, 3.63) is 63.5 Å². The quantitative estimate of drug-likeness (QED) is 0.418. The van der Waals surface area contributed by atoms with Crippen molar-refractivity contribution < 1.29 is 9.34 Å². The van der Waals surface area contributed by atoms with Gasteiger partial charge in [0.15, 0.2) is 5.76 Å². The Balaban J connectivity index is 1.65. The first-order valence-corrected chi connectivity index (χ1v) is 7.56. The van der Waals surface area contributed by atoms with Crippen LogP contribution in [0.4, 0.5) is 11.0 Å². The number of thiazole rings is 1. The van der Waals surface area contributed by atoms with Gasteiger partial charge in [0.1, 0.15) is 4.92 Å². The Morgan fingerprint density at radius 3 is 2.78 bits per heavy atom.